The first-order valence-electron chi connectivity index (χ1n) is 9.60. The Bertz CT molecular complexity index is 641. The third-order valence-electron chi connectivity index (χ3n) is 5.60. The number of ether oxygens (including phenoxy) is 1. The molecule has 2 aliphatic carbocycles. The zero-order valence-electron chi connectivity index (χ0n) is 15.3. The Balaban J connectivity index is 1.43. The van der Waals surface area contributed by atoms with Gasteiger partial charge in [-0.25, -0.2) is 0 Å². The molecular formula is C21H27NO4. The molecule has 140 valence electrons. The number of hydrogen-bond donors (Lipinski definition) is 1. The van der Waals surface area contributed by atoms with Gasteiger partial charge in [-0.3, -0.25) is 14.4 Å². The lowest BCUT2D eigenvalue weighted by Crippen LogP contribution is -2.42. The first-order chi connectivity index (χ1) is 12.5. The summed E-state index contributed by atoms with van der Waals surface area (Å²) in [5.74, 6) is -0.513. The monoisotopic (exact) mass is 357 g/mol. The number of benzene rings is 1. The SMILES string of the molecule is C[C@@H](OC(=O)C1C[C@H]2CCC[C@@H](C1)C2=O)C(=O)NCCc1ccccc1. The van der Waals surface area contributed by atoms with E-state index in [1.54, 1.807) is 6.92 Å². The van der Waals surface area contributed by atoms with E-state index in [-0.39, 0.29) is 29.6 Å². The fraction of sp³-hybridized carbons (Fsp3) is 0.571. The smallest absolute Gasteiger partial charge is 0.309 e. The predicted octanol–water partition coefficient (Wildman–Crippen LogP) is 2.67. The molecule has 4 atom stereocenters. The Morgan fingerprint density at radius 3 is 2.46 bits per heavy atom. The molecule has 2 bridgehead atoms. The van der Waals surface area contributed by atoms with Crippen LogP contribution in [0, 0.1) is 17.8 Å². The van der Waals surface area contributed by atoms with Crippen molar-refractivity contribution in [3.63, 3.8) is 0 Å². The summed E-state index contributed by atoms with van der Waals surface area (Å²) in [5, 5.41) is 2.82. The summed E-state index contributed by atoms with van der Waals surface area (Å²) in [6, 6.07) is 9.90. The maximum absolute atomic E-state index is 12.4. The van der Waals surface area contributed by atoms with Gasteiger partial charge in [0.1, 0.15) is 5.78 Å². The lowest BCUT2D eigenvalue weighted by atomic mass is 9.67. The molecule has 0 aromatic heterocycles. The molecule has 1 aromatic rings. The standard InChI is InChI=1S/C21H27NO4/c1-14(20(24)22-11-10-15-6-3-2-4-7-15)26-21(25)18-12-16-8-5-9-17(13-18)19(16)23/h2-4,6-7,14,16-18H,5,8-13H2,1H3,(H,22,24)/t14-,16-,17+,18?/m1/s1. The molecule has 1 unspecified atom stereocenters. The van der Waals surface area contributed by atoms with Gasteiger partial charge in [-0.2, -0.15) is 0 Å². The van der Waals surface area contributed by atoms with Crippen LogP contribution in [0.15, 0.2) is 30.3 Å². The second kappa shape index (κ2) is 8.47. The van der Waals surface area contributed by atoms with E-state index in [1.807, 2.05) is 30.3 Å². The van der Waals surface area contributed by atoms with Crippen molar-refractivity contribution in [1.29, 1.82) is 0 Å². The molecule has 1 N–H and O–H groups in total. The van der Waals surface area contributed by atoms with E-state index in [0.717, 1.165) is 31.2 Å². The van der Waals surface area contributed by atoms with Crippen LogP contribution in [0.2, 0.25) is 0 Å². The van der Waals surface area contributed by atoms with Gasteiger partial charge < -0.3 is 10.1 Å². The Morgan fingerprint density at radius 1 is 1.15 bits per heavy atom. The van der Waals surface area contributed by atoms with Gasteiger partial charge in [-0.1, -0.05) is 36.8 Å². The summed E-state index contributed by atoms with van der Waals surface area (Å²) in [7, 11) is 0. The van der Waals surface area contributed by atoms with Gasteiger partial charge in [0.05, 0.1) is 5.92 Å². The lowest BCUT2D eigenvalue weighted by molar-refractivity contribution is -0.162. The van der Waals surface area contributed by atoms with Crippen LogP contribution in [0.5, 0.6) is 0 Å². The third-order valence-corrected chi connectivity index (χ3v) is 5.60. The van der Waals surface area contributed by atoms with Crippen molar-refractivity contribution in [2.24, 2.45) is 17.8 Å². The van der Waals surface area contributed by atoms with Crippen LogP contribution < -0.4 is 5.32 Å². The van der Waals surface area contributed by atoms with Crippen LogP contribution in [0.25, 0.3) is 0 Å². The summed E-state index contributed by atoms with van der Waals surface area (Å²) in [6.07, 6.45) is 3.93. The second-order valence-electron chi connectivity index (χ2n) is 7.50. The van der Waals surface area contributed by atoms with Crippen molar-refractivity contribution in [2.45, 2.75) is 51.6 Å². The summed E-state index contributed by atoms with van der Waals surface area (Å²) >= 11 is 0. The van der Waals surface area contributed by atoms with Gasteiger partial charge in [-0.05, 0) is 44.6 Å². The van der Waals surface area contributed by atoms with Crippen LogP contribution in [-0.4, -0.2) is 30.3 Å². The van der Waals surface area contributed by atoms with Crippen molar-refractivity contribution in [3.05, 3.63) is 35.9 Å². The fourth-order valence-corrected chi connectivity index (χ4v) is 4.11. The Morgan fingerprint density at radius 2 is 1.81 bits per heavy atom. The number of fused-ring (bicyclic) bond motifs is 2. The van der Waals surface area contributed by atoms with Gasteiger partial charge in [0, 0.05) is 18.4 Å². The first kappa shape index (κ1) is 18.6. The molecule has 0 aliphatic heterocycles. The van der Waals surface area contributed by atoms with Gasteiger partial charge in [0.25, 0.3) is 5.91 Å². The zero-order valence-corrected chi connectivity index (χ0v) is 15.3. The molecule has 0 saturated heterocycles. The lowest BCUT2D eigenvalue weighted by Gasteiger charge is -2.36. The average molecular weight is 357 g/mol. The van der Waals surface area contributed by atoms with Crippen molar-refractivity contribution < 1.29 is 19.1 Å². The van der Waals surface area contributed by atoms with E-state index >= 15 is 0 Å². The minimum Gasteiger partial charge on any atom is -0.452 e. The molecule has 26 heavy (non-hydrogen) atoms. The molecule has 5 heteroatoms. The summed E-state index contributed by atoms with van der Waals surface area (Å²) in [4.78, 5) is 36.7. The van der Waals surface area contributed by atoms with Crippen LogP contribution >= 0.6 is 0 Å². The average Bonchev–Trinajstić information content (AvgIpc) is 2.62. The van der Waals surface area contributed by atoms with E-state index in [0.29, 0.717) is 25.2 Å². The molecule has 3 rings (SSSR count). The van der Waals surface area contributed by atoms with E-state index in [9.17, 15) is 14.4 Å². The Kier molecular flexibility index (Phi) is 6.07. The number of amides is 1. The number of ketones is 1. The summed E-state index contributed by atoms with van der Waals surface area (Å²) in [6.45, 7) is 2.11. The highest BCUT2D eigenvalue weighted by Gasteiger charge is 2.42. The molecule has 0 heterocycles. The second-order valence-corrected chi connectivity index (χ2v) is 7.50. The minimum absolute atomic E-state index is 0.00931. The number of Topliss-reactive ketones (excluding diaryl/α,β-unsaturated/α-hetero) is 1. The van der Waals surface area contributed by atoms with Crippen molar-refractivity contribution in [3.8, 4) is 0 Å². The highest BCUT2D eigenvalue weighted by atomic mass is 16.5. The molecule has 1 aromatic carbocycles. The van der Waals surface area contributed by atoms with Crippen LogP contribution in [0.3, 0.4) is 0 Å². The quantitative estimate of drug-likeness (QED) is 0.795. The molecule has 2 saturated carbocycles. The van der Waals surface area contributed by atoms with Crippen LogP contribution in [0.4, 0.5) is 0 Å². The maximum Gasteiger partial charge on any atom is 0.309 e. The number of hydrogen-bond acceptors (Lipinski definition) is 4. The number of nitrogens with one attached hydrogen (secondary N) is 1. The molecule has 1 amide bonds. The number of rotatable bonds is 6. The molecule has 2 fully saturated rings. The highest BCUT2D eigenvalue weighted by Crippen LogP contribution is 2.40. The fourth-order valence-electron chi connectivity index (χ4n) is 4.11. The maximum atomic E-state index is 12.4. The number of carbonyl (C=O) groups is 3. The van der Waals surface area contributed by atoms with E-state index < -0.39 is 6.10 Å². The molecular weight excluding hydrogens is 330 g/mol. The van der Waals surface area contributed by atoms with E-state index in [2.05, 4.69) is 5.32 Å². The van der Waals surface area contributed by atoms with E-state index in [4.69, 9.17) is 4.74 Å². The van der Waals surface area contributed by atoms with Crippen molar-refractivity contribution in [2.75, 3.05) is 6.54 Å². The third kappa shape index (κ3) is 4.51. The molecule has 2 aliphatic rings. The number of carbonyl (C=O) groups excluding carboxylic acids is 3. The van der Waals surface area contributed by atoms with Crippen molar-refractivity contribution in [1.82, 2.24) is 5.32 Å². The van der Waals surface area contributed by atoms with Gasteiger partial charge in [0.2, 0.25) is 0 Å². The molecule has 5 nitrogen and oxygen atoms in total. The van der Waals surface area contributed by atoms with E-state index in [1.165, 1.54) is 0 Å². The first-order valence-corrected chi connectivity index (χ1v) is 9.60. The van der Waals surface area contributed by atoms with Gasteiger partial charge >= 0.3 is 5.97 Å². The Hall–Kier alpha value is -2.17. The van der Waals surface area contributed by atoms with Crippen LogP contribution in [-0.2, 0) is 25.5 Å². The summed E-state index contributed by atoms with van der Waals surface area (Å²) in [5.41, 5.74) is 1.15. The zero-order chi connectivity index (χ0) is 18.5. The largest absolute Gasteiger partial charge is 0.452 e. The minimum atomic E-state index is -0.809. The molecule has 0 radical (unpaired) electrons. The Labute approximate surface area is 154 Å². The van der Waals surface area contributed by atoms with Crippen molar-refractivity contribution >= 4 is 17.7 Å². The van der Waals surface area contributed by atoms with Crippen LogP contribution in [0.1, 0.15) is 44.6 Å². The molecule has 0 spiro atoms. The highest BCUT2D eigenvalue weighted by molar-refractivity contribution is 5.88. The van der Waals surface area contributed by atoms with Gasteiger partial charge in [-0.15, -0.1) is 0 Å². The number of esters is 1. The topological polar surface area (TPSA) is 72.5 Å². The summed E-state index contributed by atoms with van der Waals surface area (Å²) < 4.78 is 5.39. The van der Waals surface area contributed by atoms with Gasteiger partial charge in [0.15, 0.2) is 6.10 Å². The predicted molar refractivity (Wildman–Crippen MR) is 97.3 cm³/mol. The normalized spacial score (nSPS) is 26.0.